The van der Waals surface area contributed by atoms with Gasteiger partial charge in [0.15, 0.2) is 0 Å². The average molecular weight is 979 g/mol. The molecule has 11 nitrogen and oxygen atoms in total. The van der Waals surface area contributed by atoms with E-state index in [2.05, 4.69) is 52.2 Å². The van der Waals surface area contributed by atoms with E-state index in [-0.39, 0.29) is 92.0 Å². The summed E-state index contributed by atoms with van der Waals surface area (Å²) in [5.41, 5.74) is -0.137. The Morgan fingerprint density at radius 3 is 1.32 bits per heavy atom. The van der Waals surface area contributed by atoms with E-state index in [1.807, 2.05) is 6.92 Å². The molecule has 0 aromatic heterocycles. The van der Waals surface area contributed by atoms with E-state index in [4.69, 9.17) is 14.2 Å². The molecule has 0 aromatic carbocycles. The maximum atomic E-state index is 14.9. The van der Waals surface area contributed by atoms with Gasteiger partial charge in [0.2, 0.25) is 11.8 Å². The molecule has 390 valence electrons. The van der Waals surface area contributed by atoms with Gasteiger partial charge in [-0.05, 0) is 150 Å². The van der Waals surface area contributed by atoms with Crippen LogP contribution in [0.2, 0.25) is 0 Å². The van der Waals surface area contributed by atoms with E-state index in [0.29, 0.717) is 25.2 Å². The van der Waals surface area contributed by atoms with Crippen LogP contribution in [0.4, 0.5) is 26.3 Å². The van der Waals surface area contributed by atoms with Gasteiger partial charge in [0.1, 0.15) is 0 Å². The molecule has 0 aromatic rings. The highest BCUT2D eigenvalue weighted by Crippen LogP contribution is 2.54. The van der Waals surface area contributed by atoms with Gasteiger partial charge in [0, 0.05) is 13.1 Å². The van der Waals surface area contributed by atoms with Crippen molar-refractivity contribution in [3.63, 3.8) is 0 Å². The van der Waals surface area contributed by atoms with Crippen molar-refractivity contribution in [1.29, 1.82) is 0 Å². The van der Waals surface area contributed by atoms with Crippen LogP contribution < -0.4 is 10.6 Å². The van der Waals surface area contributed by atoms with Gasteiger partial charge in [-0.25, -0.2) is 0 Å². The summed E-state index contributed by atoms with van der Waals surface area (Å²) in [5.74, 6) is -9.70. The Morgan fingerprint density at radius 2 is 0.912 bits per heavy atom. The van der Waals surface area contributed by atoms with Crippen molar-refractivity contribution in [3.8, 4) is 0 Å². The van der Waals surface area contributed by atoms with E-state index in [1.54, 1.807) is 0 Å². The molecule has 0 saturated heterocycles. The predicted molar refractivity (Wildman–Crippen MR) is 241 cm³/mol. The predicted octanol–water partition coefficient (Wildman–Crippen LogP) is 10.2. The number of carboxylic acid groups (broad SMARTS) is 2. The van der Waals surface area contributed by atoms with Crippen LogP contribution in [0, 0.1) is 82.3 Å². The standard InChI is InChI=1S/C51H80F6N2O9/c1-25-9-15-41(39(17-25)50(52,53)54)67-43-26(2)18-30(19-27(43)3)49(6,7)31-20-28(4)44(29(5)21-31)68-42-16-10-32(22-40(42)51(55,56)57)59-46(61)38-24-34(12-14-36(38)48(64)65)66-33-11-13-35(47(62)63)37(23-33)45(60)58-8/h25-44H,9-24H2,1-8H3,(H,58,60)(H,59,61)(H,62,63)(H,64,65). The first-order valence-electron chi connectivity index (χ1n) is 25.8. The van der Waals surface area contributed by atoms with E-state index in [1.165, 1.54) is 7.05 Å². The topological polar surface area (TPSA) is 160 Å². The second-order valence-electron chi connectivity index (χ2n) is 23.3. The summed E-state index contributed by atoms with van der Waals surface area (Å²) in [6, 6.07) is -0.849. The molecule has 16 atom stereocenters. The molecule has 6 aliphatic rings. The number of carbonyl (C=O) groups is 4. The molecular formula is C51H80F6N2O9. The first kappa shape index (κ1) is 54.7. The first-order chi connectivity index (χ1) is 31.7. The van der Waals surface area contributed by atoms with Crippen molar-refractivity contribution < 1.29 is 69.9 Å². The molecule has 6 aliphatic carbocycles. The first-order valence-corrected chi connectivity index (χ1v) is 25.8. The van der Waals surface area contributed by atoms with Gasteiger partial charge >= 0.3 is 24.3 Å². The molecule has 6 saturated carbocycles. The van der Waals surface area contributed by atoms with Crippen LogP contribution in [0.25, 0.3) is 0 Å². The van der Waals surface area contributed by atoms with Crippen LogP contribution in [0.1, 0.15) is 151 Å². The number of hydrogen-bond acceptors (Lipinski definition) is 7. The highest BCUT2D eigenvalue weighted by Gasteiger charge is 2.54. The van der Waals surface area contributed by atoms with Crippen LogP contribution >= 0.6 is 0 Å². The number of aliphatic carboxylic acids is 2. The quantitative estimate of drug-likeness (QED) is 0.132. The highest BCUT2D eigenvalue weighted by molar-refractivity contribution is 5.85. The Labute approximate surface area is 399 Å². The fraction of sp³-hybridized carbons (Fsp3) is 0.922. The largest absolute Gasteiger partial charge is 0.481 e. The summed E-state index contributed by atoms with van der Waals surface area (Å²) >= 11 is 0. The molecule has 16 unspecified atom stereocenters. The lowest BCUT2D eigenvalue weighted by atomic mass is 9.55. The molecule has 2 amide bonds. The normalized spacial score (nSPS) is 42.1. The summed E-state index contributed by atoms with van der Waals surface area (Å²) in [6.07, 6.45) is -6.99. The zero-order valence-electron chi connectivity index (χ0n) is 41.4. The van der Waals surface area contributed by atoms with Crippen LogP contribution in [-0.4, -0.2) is 96.0 Å². The molecule has 0 bridgehead atoms. The summed E-state index contributed by atoms with van der Waals surface area (Å²) in [4.78, 5) is 50.6. The van der Waals surface area contributed by atoms with Crippen molar-refractivity contribution in [3.05, 3.63) is 0 Å². The van der Waals surface area contributed by atoms with Gasteiger partial charge in [0.05, 0.1) is 72.1 Å². The summed E-state index contributed by atoms with van der Waals surface area (Å²) in [6.45, 7) is 14.7. The van der Waals surface area contributed by atoms with Gasteiger partial charge in [-0.1, -0.05) is 48.5 Å². The number of carbonyl (C=O) groups excluding carboxylic acids is 2. The number of amides is 2. The van der Waals surface area contributed by atoms with Gasteiger partial charge in [-0.3, -0.25) is 19.2 Å². The Bertz CT molecular complexity index is 1720. The molecule has 6 rings (SSSR count). The molecule has 4 N–H and O–H groups in total. The number of ether oxygens (including phenoxy) is 3. The molecular weight excluding hydrogens is 899 g/mol. The van der Waals surface area contributed by atoms with Crippen molar-refractivity contribution in [2.75, 3.05) is 7.05 Å². The zero-order valence-corrected chi connectivity index (χ0v) is 41.4. The number of carboxylic acids is 2. The zero-order chi connectivity index (χ0) is 50.2. The van der Waals surface area contributed by atoms with Crippen molar-refractivity contribution in [2.24, 2.45) is 82.3 Å². The van der Waals surface area contributed by atoms with E-state index < -0.39 is 115 Å². The lowest BCUT2D eigenvalue weighted by Crippen LogP contribution is -2.53. The molecule has 0 spiro atoms. The van der Waals surface area contributed by atoms with Crippen LogP contribution in [-0.2, 0) is 33.4 Å². The molecule has 0 radical (unpaired) electrons. The molecule has 17 heteroatoms. The lowest BCUT2D eigenvalue weighted by Gasteiger charge is -2.53. The SMILES string of the molecule is CNC(=O)C1CC(OC2CCC(C(=O)O)C(C(=O)NC3CCC(OC4C(C)CC(C(C)(C)C5CC(C)C(OC6CCC(C)CC6C(F)(F)F)C(C)C5)CC4C)C(C(F)(F)F)C3)C2)CCC1C(=O)O. The van der Waals surface area contributed by atoms with Crippen LogP contribution in [0.5, 0.6) is 0 Å². The van der Waals surface area contributed by atoms with Crippen molar-refractivity contribution in [2.45, 2.75) is 206 Å². The fourth-order valence-electron chi connectivity index (χ4n) is 14.2. The highest BCUT2D eigenvalue weighted by atomic mass is 19.4. The van der Waals surface area contributed by atoms with E-state index >= 15 is 0 Å². The smallest absolute Gasteiger partial charge is 0.394 e. The van der Waals surface area contributed by atoms with Gasteiger partial charge in [0.25, 0.3) is 0 Å². The molecule has 68 heavy (non-hydrogen) atoms. The minimum absolute atomic E-state index is 0.0143. The maximum absolute atomic E-state index is 14.9. The Hall–Kier alpha value is -2.66. The third kappa shape index (κ3) is 12.7. The third-order valence-electron chi connectivity index (χ3n) is 18.2. The maximum Gasteiger partial charge on any atom is 0.394 e. The van der Waals surface area contributed by atoms with E-state index in [0.717, 1.165) is 32.1 Å². The lowest BCUT2D eigenvalue weighted by molar-refractivity contribution is -0.238. The van der Waals surface area contributed by atoms with Gasteiger partial charge in [-0.2, -0.15) is 26.3 Å². The van der Waals surface area contributed by atoms with Crippen molar-refractivity contribution >= 4 is 23.8 Å². The van der Waals surface area contributed by atoms with E-state index in [9.17, 15) is 55.7 Å². The fourth-order valence-corrected chi connectivity index (χ4v) is 14.2. The molecule has 6 fully saturated rings. The number of nitrogens with one attached hydrogen (secondary N) is 2. The molecule has 0 aliphatic heterocycles. The summed E-state index contributed by atoms with van der Waals surface area (Å²) in [7, 11) is 1.43. The molecule has 0 heterocycles. The Balaban J connectivity index is 1.03. The second kappa shape index (κ2) is 22.0. The Morgan fingerprint density at radius 1 is 0.500 bits per heavy atom. The monoisotopic (exact) mass is 979 g/mol. The average Bonchev–Trinajstić information content (AvgIpc) is 3.25. The number of hydrogen-bond donors (Lipinski definition) is 4. The number of rotatable bonds is 13. The van der Waals surface area contributed by atoms with Gasteiger partial charge in [-0.15, -0.1) is 0 Å². The second-order valence-corrected chi connectivity index (χ2v) is 23.3. The Kier molecular flexibility index (Phi) is 17.7. The summed E-state index contributed by atoms with van der Waals surface area (Å²) in [5, 5.41) is 25.1. The summed E-state index contributed by atoms with van der Waals surface area (Å²) < 4.78 is 106. The number of alkyl halides is 6. The minimum Gasteiger partial charge on any atom is -0.481 e. The minimum atomic E-state index is -4.61. The third-order valence-corrected chi connectivity index (χ3v) is 18.2. The van der Waals surface area contributed by atoms with Crippen LogP contribution in [0.15, 0.2) is 0 Å². The number of halogens is 6. The van der Waals surface area contributed by atoms with Gasteiger partial charge < -0.3 is 35.1 Å². The van der Waals surface area contributed by atoms with Crippen LogP contribution in [0.3, 0.4) is 0 Å². The van der Waals surface area contributed by atoms with Crippen molar-refractivity contribution in [1.82, 2.24) is 10.6 Å².